The molecule has 0 aliphatic heterocycles. The number of hydrogen-bond acceptors (Lipinski definition) is 4. The van der Waals surface area contributed by atoms with Gasteiger partial charge in [-0.3, -0.25) is 4.79 Å². The van der Waals surface area contributed by atoms with Crippen LogP contribution in [-0.2, 0) is 16.0 Å². The van der Waals surface area contributed by atoms with Crippen LogP contribution in [0.5, 0.6) is 0 Å². The van der Waals surface area contributed by atoms with Crippen LogP contribution in [0.15, 0.2) is 30.3 Å². The molecule has 4 saturated carbocycles. The van der Waals surface area contributed by atoms with E-state index in [0.29, 0.717) is 18.3 Å². The van der Waals surface area contributed by atoms with Gasteiger partial charge in [0.15, 0.2) is 0 Å². The minimum absolute atomic E-state index is 0.0507. The molecule has 0 spiro atoms. The number of aliphatic hydroxyl groups is 1. The maximum atomic E-state index is 13.5. The third-order valence-corrected chi connectivity index (χ3v) is 7.20. The summed E-state index contributed by atoms with van der Waals surface area (Å²) in [5, 5.41) is 16.3. The SMILES string of the molecule is CC(C)(C)OC(=O)N[C@@H](Cc1ccccc1)C(=O)NC12CC3CC(CC(CO)(C3)C1)C2. The number of aliphatic hydroxyl groups excluding tert-OH is 1. The second-order valence-corrected chi connectivity index (χ2v) is 11.3. The third kappa shape index (κ3) is 5.05. The summed E-state index contributed by atoms with van der Waals surface area (Å²) >= 11 is 0. The lowest BCUT2D eigenvalue weighted by molar-refractivity contribution is -0.136. The molecule has 0 radical (unpaired) electrons. The quantitative estimate of drug-likeness (QED) is 0.646. The van der Waals surface area contributed by atoms with Crippen molar-refractivity contribution in [2.75, 3.05) is 6.61 Å². The highest BCUT2D eigenvalue weighted by atomic mass is 16.6. The Kier molecular flexibility index (Phi) is 5.80. The Labute approximate surface area is 185 Å². The van der Waals surface area contributed by atoms with Gasteiger partial charge in [0.25, 0.3) is 0 Å². The molecule has 4 aliphatic rings. The van der Waals surface area contributed by atoms with Crippen molar-refractivity contribution in [2.24, 2.45) is 17.3 Å². The molecule has 6 heteroatoms. The van der Waals surface area contributed by atoms with Gasteiger partial charge in [0.05, 0.1) is 0 Å². The number of hydrogen-bond donors (Lipinski definition) is 3. The van der Waals surface area contributed by atoms with Gasteiger partial charge in [-0.2, -0.15) is 0 Å². The molecule has 3 N–H and O–H groups in total. The summed E-state index contributed by atoms with van der Waals surface area (Å²) in [7, 11) is 0. The Hall–Kier alpha value is -2.08. The van der Waals surface area contributed by atoms with Crippen molar-refractivity contribution in [2.45, 2.75) is 82.9 Å². The van der Waals surface area contributed by atoms with E-state index in [2.05, 4.69) is 10.6 Å². The lowest BCUT2D eigenvalue weighted by atomic mass is 9.47. The number of rotatable bonds is 6. The largest absolute Gasteiger partial charge is 0.444 e. The highest BCUT2D eigenvalue weighted by molar-refractivity contribution is 5.86. The molecule has 5 rings (SSSR count). The first-order valence-corrected chi connectivity index (χ1v) is 11.6. The molecule has 31 heavy (non-hydrogen) atoms. The predicted molar refractivity (Wildman–Crippen MR) is 118 cm³/mol. The average molecular weight is 429 g/mol. The molecule has 6 nitrogen and oxygen atoms in total. The summed E-state index contributed by atoms with van der Waals surface area (Å²) in [6, 6.07) is 9.01. The van der Waals surface area contributed by atoms with Crippen molar-refractivity contribution in [3.05, 3.63) is 35.9 Å². The lowest BCUT2D eigenvalue weighted by Gasteiger charge is -2.62. The van der Waals surface area contributed by atoms with Gasteiger partial charge in [0, 0.05) is 18.6 Å². The lowest BCUT2D eigenvalue weighted by Crippen LogP contribution is -2.66. The van der Waals surface area contributed by atoms with Crippen LogP contribution in [0.25, 0.3) is 0 Å². The Morgan fingerprint density at radius 3 is 2.35 bits per heavy atom. The molecule has 4 bridgehead atoms. The molecular formula is C25H36N2O4. The summed E-state index contributed by atoms with van der Waals surface area (Å²) in [5.41, 5.74) is 0.0287. The van der Waals surface area contributed by atoms with E-state index in [9.17, 15) is 14.7 Å². The maximum Gasteiger partial charge on any atom is 0.408 e. The van der Waals surface area contributed by atoms with Gasteiger partial charge in [-0.15, -0.1) is 0 Å². The van der Waals surface area contributed by atoms with Crippen LogP contribution in [0.1, 0.15) is 64.9 Å². The number of carbonyl (C=O) groups excluding carboxylic acids is 2. The van der Waals surface area contributed by atoms with Crippen molar-refractivity contribution in [1.82, 2.24) is 10.6 Å². The van der Waals surface area contributed by atoms with Crippen molar-refractivity contribution in [1.29, 1.82) is 0 Å². The van der Waals surface area contributed by atoms with E-state index in [1.54, 1.807) is 0 Å². The number of benzene rings is 1. The molecule has 2 amide bonds. The monoisotopic (exact) mass is 428 g/mol. The number of nitrogens with one attached hydrogen (secondary N) is 2. The fourth-order valence-corrected chi connectivity index (χ4v) is 6.64. The fourth-order valence-electron chi connectivity index (χ4n) is 6.64. The van der Waals surface area contributed by atoms with Crippen LogP contribution < -0.4 is 10.6 Å². The first-order valence-electron chi connectivity index (χ1n) is 11.6. The Bertz CT molecular complexity index is 803. The zero-order valence-corrected chi connectivity index (χ0v) is 18.9. The van der Waals surface area contributed by atoms with Gasteiger partial charge in [0.1, 0.15) is 11.6 Å². The highest BCUT2D eigenvalue weighted by Crippen LogP contribution is 2.61. The first kappa shape index (κ1) is 22.1. The number of amides is 2. The van der Waals surface area contributed by atoms with Gasteiger partial charge >= 0.3 is 6.09 Å². The zero-order valence-electron chi connectivity index (χ0n) is 18.9. The maximum absolute atomic E-state index is 13.5. The van der Waals surface area contributed by atoms with E-state index >= 15 is 0 Å². The summed E-state index contributed by atoms with van der Waals surface area (Å²) in [6.07, 6.45) is 5.95. The highest BCUT2D eigenvalue weighted by Gasteiger charge is 2.58. The van der Waals surface area contributed by atoms with Crippen LogP contribution >= 0.6 is 0 Å². The van der Waals surface area contributed by atoms with Gasteiger partial charge in [-0.1, -0.05) is 30.3 Å². The first-order chi connectivity index (χ1) is 14.6. The summed E-state index contributed by atoms with van der Waals surface area (Å²) in [6.45, 7) is 5.62. The minimum atomic E-state index is -0.713. The van der Waals surface area contributed by atoms with Crippen molar-refractivity contribution in [3.8, 4) is 0 Å². The standard InChI is InChI=1S/C25H36N2O4/c1-23(2,3)31-22(30)26-20(10-17-7-5-4-6-8-17)21(29)27-25-13-18-9-19(14-25)12-24(11-18,15-25)16-28/h4-8,18-20,28H,9-16H2,1-3H3,(H,26,30)(H,27,29)/t18?,19?,20-,24?,25?/m0/s1. The van der Waals surface area contributed by atoms with Crippen LogP contribution in [0.2, 0.25) is 0 Å². The number of ether oxygens (including phenoxy) is 1. The molecule has 0 saturated heterocycles. The van der Waals surface area contributed by atoms with Gasteiger partial charge < -0.3 is 20.5 Å². The van der Waals surface area contributed by atoms with Gasteiger partial charge in [-0.05, 0) is 82.1 Å². The van der Waals surface area contributed by atoms with Crippen LogP contribution in [0, 0.1) is 17.3 Å². The predicted octanol–water partition coefficient (Wildman–Crippen LogP) is 3.57. The molecule has 1 aromatic rings. The molecule has 0 aromatic heterocycles. The summed E-state index contributed by atoms with van der Waals surface area (Å²) in [4.78, 5) is 26.0. The third-order valence-electron chi connectivity index (χ3n) is 7.20. The Morgan fingerprint density at radius 2 is 1.77 bits per heavy atom. The molecule has 0 heterocycles. The molecule has 2 unspecified atom stereocenters. The van der Waals surface area contributed by atoms with Gasteiger partial charge in [0.2, 0.25) is 5.91 Å². The van der Waals surface area contributed by atoms with Crippen molar-refractivity contribution in [3.63, 3.8) is 0 Å². The van der Waals surface area contributed by atoms with E-state index in [1.165, 1.54) is 6.42 Å². The van der Waals surface area contributed by atoms with E-state index < -0.39 is 17.7 Å². The smallest absolute Gasteiger partial charge is 0.408 e. The van der Waals surface area contributed by atoms with Crippen molar-refractivity contribution >= 4 is 12.0 Å². The second-order valence-electron chi connectivity index (χ2n) is 11.3. The summed E-state index contributed by atoms with van der Waals surface area (Å²) in [5.74, 6) is 0.977. The van der Waals surface area contributed by atoms with E-state index in [4.69, 9.17) is 4.74 Å². The average Bonchev–Trinajstić information content (AvgIpc) is 2.65. The Balaban J connectivity index is 1.51. The molecule has 4 aliphatic carbocycles. The molecule has 1 aromatic carbocycles. The van der Waals surface area contributed by atoms with Gasteiger partial charge in [-0.25, -0.2) is 4.79 Å². The molecular weight excluding hydrogens is 392 g/mol. The van der Waals surface area contributed by atoms with Crippen LogP contribution in [0.3, 0.4) is 0 Å². The van der Waals surface area contributed by atoms with Crippen LogP contribution in [-0.4, -0.2) is 40.9 Å². The number of alkyl carbamates (subject to hydrolysis) is 1. The Morgan fingerprint density at radius 1 is 1.13 bits per heavy atom. The van der Waals surface area contributed by atoms with E-state index in [-0.39, 0.29) is 23.5 Å². The van der Waals surface area contributed by atoms with E-state index in [0.717, 1.165) is 37.7 Å². The summed E-state index contributed by atoms with van der Waals surface area (Å²) < 4.78 is 5.42. The van der Waals surface area contributed by atoms with Crippen molar-refractivity contribution < 1.29 is 19.4 Å². The topological polar surface area (TPSA) is 87.7 Å². The fraction of sp³-hybridized carbons (Fsp3) is 0.680. The molecule has 3 atom stereocenters. The normalized spacial score (nSPS) is 32.4. The van der Waals surface area contributed by atoms with E-state index in [1.807, 2.05) is 51.1 Å². The zero-order chi connectivity index (χ0) is 22.3. The minimum Gasteiger partial charge on any atom is -0.444 e. The molecule has 4 fully saturated rings. The van der Waals surface area contributed by atoms with Crippen LogP contribution in [0.4, 0.5) is 4.79 Å². The molecule has 170 valence electrons. The second kappa shape index (κ2) is 8.12. The number of carbonyl (C=O) groups is 2.